The van der Waals surface area contributed by atoms with Crippen LogP contribution >= 0.6 is 0 Å². The van der Waals surface area contributed by atoms with Gasteiger partial charge in [0, 0.05) is 47.9 Å². The van der Waals surface area contributed by atoms with E-state index in [4.69, 9.17) is 14.5 Å². The van der Waals surface area contributed by atoms with Crippen molar-refractivity contribution in [2.24, 2.45) is 5.41 Å². The first-order valence-electron chi connectivity index (χ1n) is 18.3. The highest BCUT2D eigenvalue weighted by Crippen LogP contribution is 2.34. The number of benzene rings is 1. The number of amides is 5. The van der Waals surface area contributed by atoms with E-state index in [9.17, 15) is 24.3 Å². The summed E-state index contributed by atoms with van der Waals surface area (Å²) < 4.78 is 13.7. The van der Waals surface area contributed by atoms with Gasteiger partial charge in [0.15, 0.2) is 11.9 Å². The van der Waals surface area contributed by atoms with Crippen LogP contribution in [0.25, 0.3) is 16.7 Å². The van der Waals surface area contributed by atoms with Crippen LogP contribution in [0.3, 0.4) is 0 Å². The zero-order valence-electron chi connectivity index (χ0n) is 31.9. The quantitative estimate of drug-likeness (QED) is 0.176. The molecule has 5 atom stereocenters. The number of methoxy groups -OCH3 is 1. The second-order valence-electron chi connectivity index (χ2n) is 16.1. The second kappa shape index (κ2) is 16.0. The summed E-state index contributed by atoms with van der Waals surface area (Å²) in [5, 5.41) is 27.4. The Labute approximate surface area is 310 Å². The number of hydrogen-bond donors (Lipinski definition) is 5. The normalized spacial score (nSPS) is 19.2. The molecule has 3 heterocycles. The number of nitrogens with one attached hydrogen (secondary N) is 4. The average molecular weight is 735 g/mol. The number of hydrogen-bond acceptors (Lipinski definition) is 9. The third-order valence-electron chi connectivity index (χ3n) is 9.22. The van der Waals surface area contributed by atoms with Crippen molar-refractivity contribution < 1.29 is 33.8 Å². The minimum Gasteiger partial charge on any atom is -0.497 e. The summed E-state index contributed by atoms with van der Waals surface area (Å²) in [4.78, 5) is 61.0. The summed E-state index contributed by atoms with van der Waals surface area (Å²) in [7, 11) is 1.57. The molecule has 1 aliphatic heterocycles. The third kappa shape index (κ3) is 9.95. The molecule has 3 aromatic rings. The van der Waals surface area contributed by atoms with Crippen molar-refractivity contribution in [2.75, 3.05) is 13.7 Å². The van der Waals surface area contributed by atoms with Crippen molar-refractivity contribution in [3.05, 3.63) is 42.7 Å². The summed E-state index contributed by atoms with van der Waals surface area (Å²) >= 11 is 0. The molecule has 5 rings (SSSR count). The lowest BCUT2D eigenvalue weighted by Gasteiger charge is -2.36. The van der Waals surface area contributed by atoms with E-state index in [-0.39, 0.29) is 19.0 Å². The van der Waals surface area contributed by atoms with Gasteiger partial charge in [-0.05, 0) is 63.6 Å². The van der Waals surface area contributed by atoms with Crippen LogP contribution in [0.4, 0.5) is 4.79 Å². The number of aromatic nitrogens is 3. The Kier molecular flexibility index (Phi) is 11.9. The average Bonchev–Trinajstić information content (AvgIpc) is 3.53. The summed E-state index contributed by atoms with van der Waals surface area (Å²) in [5.41, 5.74) is -0.708. The van der Waals surface area contributed by atoms with Gasteiger partial charge in [0.05, 0.1) is 25.2 Å². The smallest absolute Gasteiger partial charge is 0.315 e. The zero-order chi connectivity index (χ0) is 38.7. The molecule has 53 heavy (non-hydrogen) atoms. The number of likely N-dealkylation sites (tertiary alicyclic amines) is 1. The molecule has 2 aromatic heterocycles. The molecule has 1 saturated carbocycles. The fourth-order valence-electron chi connectivity index (χ4n) is 6.38. The molecule has 15 nitrogen and oxygen atoms in total. The number of carbonyl (C=O) groups excluding carboxylic acids is 4. The molecule has 0 spiro atoms. The fourth-order valence-corrected chi connectivity index (χ4v) is 6.38. The number of aliphatic hydroxyl groups excluding tert-OH is 1. The van der Waals surface area contributed by atoms with Gasteiger partial charge in [-0.3, -0.25) is 14.4 Å². The summed E-state index contributed by atoms with van der Waals surface area (Å²) in [6.45, 7) is 13.0. The van der Waals surface area contributed by atoms with E-state index in [0.717, 1.165) is 12.8 Å². The number of aliphatic hydroxyl groups is 1. The van der Waals surface area contributed by atoms with Gasteiger partial charge in [0.2, 0.25) is 11.8 Å². The van der Waals surface area contributed by atoms with Gasteiger partial charge in [-0.2, -0.15) is 5.10 Å². The van der Waals surface area contributed by atoms with E-state index in [1.54, 1.807) is 48.5 Å². The molecule has 5 N–H and O–H groups in total. The van der Waals surface area contributed by atoms with Gasteiger partial charge in [0.1, 0.15) is 29.7 Å². The monoisotopic (exact) mass is 734 g/mol. The Balaban J connectivity index is 1.48. The number of rotatable bonds is 13. The lowest BCUT2D eigenvalue weighted by Crippen LogP contribution is -2.61. The maximum Gasteiger partial charge on any atom is 0.315 e. The number of carbonyl (C=O) groups is 4. The summed E-state index contributed by atoms with van der Waals surface area (Å²) in [6, 6.07) is 5.54. The van der Waals surface area contributed by atoms with Gasteiger partial charge in [-0.15, -0.1) is 0 Å². The molecule has 5 amide bonds. The predicted molar refractivity (Wildman–Crippen MR) is 199 cm³/mol. The van der Waals surface area contributed by atoms with Crippen LogP contribution in [0.15, 0.2) is 42.7 Å². The molecule has 288 valence electrons. The van der Waals surface area contributed by atoms with E-state index in [1.165, 1.54) is 4.90 Å². The summed E-state index contributed by atoms with van der Waals surface area (Å²) in [6.07, 6.45) is 4.00. The van der Waals surface area contributed by atoms with Crippen LogP contribution < -0.4 is 30.7 Å². The van der Waals surface area contributed by atoms with E-state index in [1.807, 2.05) is 54.5 Å². The third-order valence-corrected chi connectivity index (χ3v) is 9.22. The van der Waals surface area contributed by atoms with Gasteiger partial charge in [0.25, 0.3) is 5.91 Å². The van der Waals surface area contributed by atoms with Crippen molar-refractivity contribution in [1.82, 2.24) is 40.9 Å². The van der Waals surface area contributed by atoms with Crippen LogP contribution in [0.5, 0.6) is 11.5 Å². The van der Waals surface area contributed by atoms with Gasteiger partial charge in [-0.1, -0.05) is 34.1 Å². The van der Waals surface area contributed by atoms with Crippen LogP contribution in [0.1, 0.15) is 80.6 Å². The Hall–Kier alpha value is -4.92. The minimum atomic E-state index is -1.47. The Morgan fingerprint density at radius 2 is 1.79 bits per heavy atom. The summed E-state index contributed by atoms with van der Waals surface area (Å²) in [5.74, 6) is 0.0287. The van der Waals surface area contributed by atoms with Gasteiger partial charge >= 0.3 is 6.03 Å². The molecular weight excluding hydrogens is 680 g/mol. The largest absolute Gasteiger partial charge is 0.497 e. The molecule has 1 aliphatic carbocycles. The van der Waals surface area contributed by atoms with E-state index >= 15 is 0 Å². The van der Waals surface area contributed by atoms with Crippen molar-refractivity contribution in [3.8, 4) is 17.3 Å². The SMILES string of the molecule is CCC[C@H](NC(=O)[C@@H]1CC(Oc2cc(-n3cccn3)nc3cc(OC)ccc23)CN1C(=O)[C@@H](NC(=O)NC(C)(C)C)C(C)(C)C)C(O)C(=O)NC1CC1. The first-order chi connectivity index (χ1) is 25.0. The maximum absolute atomic E-state index is 14.6. The van der Waals surface area contributed by atoms with Crippen molar-refractivity contribution in [3.63, 3.8) is 0 Å². The van der Waals surface area contributed by atoms with Crippen molar-refractivity contribution in [1.29, 1.82) is 0 Å². The molecule has 1 saturated heterocycles. The Morgan fingerprint density at radius 1 is 1.06 bits per heavy atom. The molecule has 15 heteroatoms. The van der Waals surface area contributed by atoms with Crippen LogP contribution in [0.2, 0.25) is 0 Å². The number of urea groups is 1. The first kappa shape index (κ1) is 39.3. The van der Waals surface area contributed by atoms with Crippen LogP contribution in [-0.2, 0) is 14.4 Å². The Morgan fingerprint density at radius 3 is 2.40 bits per heavy atom. The second-order valence-corrected chi connectivity index (χ2v) is 16.1. The molecule has 0 radical (unpaired) electrons. The molecule has 2 fully saturated rings. The predicted octanol–water partition coefficient (Wildman–Crippen LogP) is 3.21. The Bertz CT molecular complexity index is 1780. The van der Waals surface area contributed by atoms with Crippen molar-refractivity contribution >= 4 is 34.7 Å². The van der Waals surface area contributed by atoms with E-state index in [2.05, 4.69) is 26.4 Å². The lowest BCUT2D eigenvalue weighted by atomic mass is 9.85. The van der Waals surface area contributed by atoms with E-state index in [0.29, 0.717) is 41.1 Å². The zero-order valence-corrected chi connectivity index (χ0v) is 31.9. The highest BCUT2D eigenvalue weighted by atomic mass is 16.5. The standard InChI is InChI=1S/C38H54N8O7/c1-9-11-26(31(47)34(49)40-22-12-13-22)42-33(48)28-19-24(21-45(28)35(50)32(37(2,3)4)43-36(51)44-38(5,6)7)53-29-20-30(46-17-10-16-39-46)41-27-18-23(52-8)14-15-25(27)29/h10,14-18,20,22,24,26,28,31-32,47H,9,11-13,19,21H2,1-8H3,(H,40,49)(H,42,48)(H2,43,44,51)/t24?,26-,28-,31?,32+/m0/s1. The molecule has 2 unspecified atom stereocenters. The number of fused-ring (bicyclic) bond motifs is 1. The maximum atomic E-state index is 14.6. The molecule has 0 bridgehead atoms. The molecule has 2 aliphatic rings. The lowest BCUT2D eigenvalue weighted by molar-refractivity contribution is -0.143. The number of ether oxygens (including phenoxy) is 2. The van der Waals surface area contributed by atoms with Crippen LogP contribution in [0, 0.1) is 5.41 Å². The van der Waals surface area contributed by atoms with Crippen LogP contribution in [-0.4, -0.2) is 104 Å². The fraction of sp³-hybridized carbons (Fsp3) is 0.579. The highest BCUT2D eigenvalue weighted by molar-refractivity contribution is 5.94. The molecular formula is C38H54N8O7. The number of pyridine rings is 1. The first-order valence-corrected chi connectivity index (χ1v) is 18.3. The molecule has 1 aromatic carbocycles. The van der Waals surface area contributed by atoms with Crippen molar-refractivity contribution in [2.45, 2.75) is 122 Å². The number of nitrogens with zero attached hydrogens (tertiary/aromatic N) is 4. The van der Waals surface area contributed by atoms with Gasteiger partial charge in [-0.25, -0.2) is 14.5 Å². The van der Waals surface area contributed by atoms with E-state index < -0.39 is 65.0 Å². The minimum absolute atomic E-state index is 0.0201. The topological polar surface area (TPSA) is 189 Å². The van der Waals surface area contributed by atoms with Gasteiger partial charge < -0.3 is 40.7 Å². The highest BCUT2D eigenvalue weighted by Gasteiger charge is 2.47.